The summed E-state index contributed by atoms with van der Waals surface area (Å²) in [7, 11) is 1.44. The number of amides is 2. The van der Waals surface area contributed by atoms with Gasteiger partial charge in [0, 0.05) is 19.1 Å². The van der Waals surface area contributed by atoms with Gasteiger partial charge < -0.3 is 15.0 Å². The first-order chi connectivity index (χ1) is 14.6. The van der Waals surface area contributed by atoms with Crippen LogP contribution in [0.25, 0.3) is 0 Å². The van der Waals surface area contributed by atoms with E-state index in [9.17, 15) is 9.59 Å². The highest BCUT2D eigenvalue weighted by Crippen LogP contribution is 2.45. The third kappa shape index (κ3) is 3.45. The van der Waals surface area contributed by atoms with Crippen molar-refractivity contribution in [2.24, 2.45) is 11.8 Å². The molecule has 0 radical (unpaired) electrons. The lowest BCUT2D eigenvalue weighted by Crippen LogP contribution is -2.64. The van der Waals surface area contributed by atoms with Crippen molar-refractivity contribution >= 4 is 12.0 Å². The van der Waals surface area contributed by atoms with Gasteiger partial charge >= 0.3 is 12.0 Å². The van der Waals surface area contributed by atoms with Gasteiger partial charge in [-0.1, -0.05) is 37.3 Å². The van der Waals surface area contributed by atoms with Crippen molar-refractivity contribution in [3.63, 3.8) is 0 Å². The van der Waals surface area contributed by atoms with Crippen LogP contribution in [0, 0.1) is 11.8 Å². The fourth-order valence-electron chi connectivity index (χ4n) is 7.21. The SMILES string of the molecule is COC(=O)C1(NC(=O)N2CCCC3=C[C@H]4C[C@@H](CN5CCCC[C@H]45)[C@@H]32)CCCCC1. The van der Waals surface area contributed by atoms with Crippen LogP contribution in [0.5, 0.6) is 0 Å². The molecule has 3 heterocycles. The van der Waals surface area contributed by atoms with Crippen molar-refractivity contribution < 1.29 is 14.3 Å². The number of nitrogens with zero attached hydrogens (tertiary/aromatic N) is 2. The van der Waals surface area contributed by atoms with Crippen LogP contribution in [-0.2, 0) is 9.53 Å². The van der Waals surface area contributed by atoms with Crippen LogP contribution in [0.2, 0.25) is 0 Å². The fourth-order valence-corrected chi connectivity index (χ4v) is 7.21. The van der Waals surface area contributed by atoms with Crippen molar-refractivity contribution in [1.29, 1.82) is 0 Å². The van der Waals surface area contributed by atoms with Gasteiger partial charge in [-0.3, -0.25) is 4.90 Å². The molecule has 2 amide bonds. The third-order valence-corrected chi connectivity index (χ3v) is 8.55. The molecule has 2 aliphatic carbocycles. The molecular weight excluding hydrogens is 378 g/mol. The summed E-state index contributed by atoms with van der Waals surface area (Å²) in [5, 5.41) is 3.19. The number of fused-ring (bicyclic) bond motifs is 6. The van der Waals surface area contributed by atoms with Gasteiger partial charge in [-0.15, -0.1) is 0 Å². The monoisotopic (exact) mass is 415 g/mol. The van der Waals surface area contributed by atoms with Crippen molar-refractivity contribution in [2.75, 3.05) is 26.7 Å². The lowest BCUT2D eigenvalue weighted by Gasteiger charge is -2.55. The second-order valence-corrected chi connectivity index (χ2v) is 10.3. The Labute approximate surface area is 180 Å². The molecule has 1 saturated carbocycles. The first-order valence-electron chi connectivity index (χ1n) is 12.2. The zero-order valence-corrected chi connectivity index (χ0v) is 18.4. The Hall–Kier alpha value is -1.56. The lowest BCUT2D eigenvalue weighted by molar-refractivity contribution is -0.149. The molecule has 3 aliphatic heterocycles. The molecule has 166 valence electrons. The van der Waals surface area contributed by atoms with E-state index >= 15 is 0 Å². The Morgan fingerprint density at radius 2 is 1.93 bits per heavy atom. The molecule has 30 heavy (non-hydrogen) atoms. The van der Waals surface area contributed by atoms with Gasteiger partial charge in [0.2, 0.25) is 0 Å². The summed E-state index contributed by atoms with van der Waals surface area (Å²) in [6, 6.07) is 0.866. The molecule has 3 saturated heterocycles. The molecule has 4 atom stereocenters. The Bertz CT molecular complexity index is 714. The van der Waals surface area contributed by atoms with Crippen LogP contribution in [-0.4, -0.2) is 66.2 Å². The summed E-state index contributed by atoms with van der Waals surface area (Å²) in [6.45, 7) is 3.12. The van der Waals surface area contributed by atoms with Gasteiger partial charge in [0.25, 0.3) is 0 Å². The molecule has 5 aliphatic rings. The largest absolute Gasteiger partial charge is 0.467 e. The maximum Gasteiger partial charge on any atom is 0.331 e. The highest BCUT2D eigenvalue weighted by molar-refractivity contribution is 5.87. The number of rotatable bonds is 2. The Balaban J connectivity index is 1.37. The van der Waals surface area contributed by atoms with Crippen LogP contribution in [0.4, 0.5) is 4.79 Å². The highest BCUT2D eigenvalue weighted by Gasteiger charge is 2.49. The average molecular weight is 416 g/mol. The molecule has 1 N–H and O–H groups in total. The molecule has 0 aromatic rings. The van der Waals surface area contributed by atoms with Crippen LogP contribution in [0.3, 0.4) is 0 Å². The van der Waals surface area contributed by atoms with E-state index in [2.05, 4.69) is 21.2 Å². The van der Waals surface area contributed by atoms with E-state index in [1.807, 2.05) is 0 Å². The average Bonchev–Trinajstić information content (AvgIpc) is 2.78. The van der Waals surface area contributed by atoms with Gasteiger partial charge in [0.15, 0.2) is 0 Å². The first kappa shape index (κ1) is 20.3. The molecule has 2 bridgehead atoms. The number of likely N-dealkylation sites (tertiary alicyclic amines) is 1. The number of hydrogen-bond acceptors (Lipinski definition) is 4. The maximum absolute atomic E-state index is 13.6. The minimum absolute atomic E-state index is 0.0582. The van der Waals surface area contributed by atoms with Crippen molar-refractivity contribution in [2.45, 2.75) is 88.3 Å². The van der Waals surface area contributed by atoms with E-state index < -0.39 is 5.54 Å². The molecule has 6 heteroatoms. The van der Waals surface area contributed by atoms with Gasteiger partial charge in [-0.2, -0.15) is 0 Å². The molecule has 0 aromatic carbocycles. The van der Waals surface area contributed by atoms with E-state index in [1.165, 1.54) is 44.9 Å². The van der Waals surface area contributed by atoms with Gasteiger partial charge in [0.05, 0.1) is 13.2 Å². The van der Waals surface area contributed by atoms with Crippen LogP contribution < -0.4 is 5.32 Å². The number of urea groups is 1. The summed E-state index contributed by atoms with van der Waals surface area (Å²) < 4.78 is 5.12. The van der Waals surface area contributed by atoms with E-state index in [4.69, 9.17) is 4.74 Å². The van der Waals surface area contributed by atoms with Gasteiger partial charge in [-0.05, 0) is 63.3 Å². The predicted molar refractivity (Wildman–Crippen MR) is 115 cm³/mol. The number of hydrogen-bond donors (Lipinski definition) is 1. The molecule has 4 fully saturated rings. The van der Waals surface area contributed by atoms with Crippen LogP contribution in [0.1, 0.15) is 70.6 Å². The summed E-state index contributed by atoms with van der Waals surface area (Å²) in [4.78, 5) is 31.0. The zero-order valence-electron chi connectivity index (χ0n) is 18.4. The molecular formula is C24H37N3O3. The number of methoxy groups -OCH3 is 1. The van der Waals surface area contributed by atoms with E-state index in [0.717, 1.165) is 51.2 Å². The van der Waals surface area contributed by atoms with Crippen LogP contribution >= 0.6 is 0 Å². The van der Waals surface area contributed by atoms with Crippen molar-refractivity contribution in [1.82, 2.24) is 15.1 Å². The summed E-state index contributed by atoms with van der Waals surface area (Å²) in [5.74, 6) is 0.912. The molecule has 6 nitrogen and oxygen atoms in total. The smallest absolute Gasteiger partial charge is 0.331 e. The third-order valence-electron chi connectivity index (χ3n) is 8.55. The molecule has 5 rings (SSSR count). The number of carbonyl (C=O) groups excluding carboxylic acids is 2. The number of carbonyl (C=O) groups is 2. The van der Waals surface area contributed by atoms with E-state index in [1.54, 1.807) is 0 Å². The zero-order chi connectivity index (χ0) is 20.7. The van der Waals surface area contributed by atoms with Crippen molar-refractivity contribution in [3.8, 4) is 0 Å². The predicted octanol–water partition coefficient (Wildman–Crippen LogP) is 3.47. The maximum atomic E-state index is 13.6. The second-order valence-electron chi connectivity index (χ2n) is 10.3. The van der Waals surface area contributed by atoms with Crippen LogP contribution in [0.15, 0.2) is 11.6 Å². The number of ether oxygens (including phenoxy) is 1. The normalized spacial score (nSPS) is 35.5. The quantitative estimate of drug-likeness (QED) is 0.554. The second kappa shape index (κ2) is 8.18. The molecule has 0 unspecified atom stereocenters. The number of piperidine rings is 3. The van der Waals surface area contributed by atoms with E-state index in [-0.39, 0.29) is 18.0 Å². The van der Waals surface area contributed by atoms with E-state index in [0.29, 0.717) is 24.7 Å². The minimum atomic E-state index is -0.840. The number of esters is 1. The van der Waals surface area contributed by atoms with Crippen molar-refractivity contribution in [3.05, 3.63) is 11.6 Å². The Morgan fingerprint density at radius 3 is 2.73 bits per heavy atom. The molecule has 0 aromatic heterocycles. The standard InChI is InChI=1S/C24H37N3O3/c1-30-22(28)24(10-4-2-5-11-24)25-23(29)27-13-7-8-17-14-18-15-19(21(17)27)16-26-12-6-3-9-20(18)26/h14,18-21H,2-13,15-16H2,1H3,(H,25,29)/t18-,19-,20+,21+/m0/s1. The Kier molecular flexibility index (Phi) is 5.55. The lowest BCUT2D eigenvalue weighted by atomic mass is 9.68. The van der Waals surface area contributed by atoms with Gasteiger partial charge in [0.1, 0.15) is 5.54 Å². The summed E-state index contributed by atoms with van der Waals surface area (Å²) in [6.07, 6.45) is 14.3. The summed E-state index contributed by atoms with van der Waals surface area (Å²) >= 11 is 0. The summed E-state index contributed by atoms with van der Waals surface area (Å²) in [5.41, 5.74) is 0.645. The first-order valence-corrected chi connectivity index (χ1v) is 12.2. The minimum Gasteiger partial charge on any atom is -0.467 e. The fraction of sp³-hybridized carbons (Fsp3) is 0.833. The topological polar surface area (TPSA) is 61.9 Å². The molecule has 0 spiro atoms. The highest BCUT2D eigenvalue weighted by atomic mass is 16.5. The van der Waals surface area contributed by atoms with Gasteiger partial charge in [-0.25, -0.2) is 9.59 Å². The Morgan fingerprint density at radius 1 is 1.10 bits per heavy atom. The number of nitrogens with one attached hydrogen (secondary N) is 1.